The molecule has 29 heavy (non-hydrogen) atoms. The van der Waals surface area contributed by atoms with E-state index in [1.807, 2.05) is 25.4 Å². The number of aryl methyl sites for hydroxylation is 2. The average molecular weight is 419 g/mol. The molecule has 0 aliphatic carbocycles. The molecule has 0 unspecified atom stereocenters. The first-order chi connectivity index (χ1) is 13.7. The summed E-state index contributed by atoms with van der Waals surface area (Å²) in [5.41, 5.74) is 2.18. The van der Waals surface area contributed by atoms with E-state index in [1.165, 1.54) is 5.69 Å². The number of nitrogens with zero attached hydrogens (tertiary/aromatic N) is 3. The van der Waals surface area contributed by atoms with Gasteiger partial charge < -0.3 is 23.9 Å². The quantitative estimate of drug-likeness (QED) is 0.693. The number of ether oxygens (including phenoxy) is 1. The van der Waals surface area contributed by atoms with Crippen LogP contribution in [-0.4, -0.2) is 56.6 Å². The van der Waals surface area contributed by atoms with E-state index in [2.05, 4.69) is 14.5 Å². The van der Waals surface area contributed by atoms with Crippen LogP contribution in [0.25, 0.3) is 0 Å². The molecule has 0 amide bonds. The van der Waals surface area contributed by atoms with Gasteiger partial charge in [-0.15, -0.1) is 0 Å². The summed E-state index contributed by atoms with van der Waals surface area (Å²) >= 11 is 0. The Labute approximate surface area is 165 Å². The molecular formula is C18H24F3N3O5. The lowest BCUT2D eigenvalue weighted by Crippen LogP contribution is -2.23. The lowest BCUT2D eigenvalue weighted by Gasteiger charge is -2.18. The predicted octanol–water partition coefficient (Wildman–Crippen LogP) is 2.33. The van der Waals surface area contributed by atoms with E-state index < -0.39 is 12.1 Å². The number of halogens is 3. The van der Waals surface area contributed by atoms with Crippen LogP contribution in [0.1, 0.15) is 29.3 Å². The molecule has 0 saturated carbocycles. The lowest BCUT2D eigenvalue weighted by molar-refractivity contribution is -0.192. The Hall–Kier alpha value is -2.37. The summed E-state index contributed by atoms with van der Waals surface area (Å²) in [5.74, 6) is -0.802. The summed E-state index contributed by atoms with van der Waals surface area (Å²) in [5, 5.41) is 15.9. The molecule has 11 heteroatoms. The minimum Gasteiger partial charge on any atom is -0.475 e. The topological polar surface area (TPSA) is 101 Å². The first-order valence-electron chi connectivity index (χ1n) is 9.00. The number of alkyl halides is 3. The fourth-order valence-electron chi connectivity index (χ4n) is 2.86. The van der Waals surface area contributed by atoms with Crippen molar-refractivity contribution in [1.29, 1.82) is 0 Å². The molecule has 0 aromatic carbocycles. The number of aromatic nitrogens is 2. The summed E-state index contributed by atoms with van der Waals surface area (Å²) in [6.45, 7) is 6.50. The Morgan fingerprint density at radius 1 is 1.34 bits per heavy atom. The number of aliphatic carboxylic acids is 1. The number of carboxylic acids is 1. The van der Waals surface area contributed by atoms with Crippen LogP contribution in [0.4, 0.5) is 13.2 Å². The third-order valence-corrected chi connectivity index (χ3v) is 4.17. The van der Waals surface area contributed by atoms with Gasteiger partial charge in [-0.05, 0) is 25.5 Å². The van der Waals surface area contributed by atoms with Crippen molar-refractivity contribution in [1.82, 2.24) is 14.5 Å². The zero-order valence-corrected chi connectivity index (χ0v) is 16.0. The van der Waals surface area contributed by atoms with Crippen molar-refractivity contribution in [2.45, 2.75) is 45.8 Å². The summed E-state index contributed by atoms with van der Waals surface area (Å²) in [4.78, 5) is 15.7. The molecule has 0 saturated heterocycles. The second kappa shape index (κ2) is 10.4. The maximum atomic E-state index is 10.6. The number of carboxylic acid groups (broad SMARTS) is 1. The van der Waals surface area contributed by atoms with Crippen LogP contribution in [-0.2, 0) is 35.8 Å². The molecule has 2 aromatic heterocycles. The lowest BCUT2D eigenvalue weighted by atomic mass is 10.3. The van der Waals surface area contributed by atoms with Crippen LogP contribution in [0.15, 0.2) is 22.9 Å². The zero-order chi connectivity index (χ0) is 21.4. The fraction of sp³-hybridized carbons (Fsp3) is 0.556. The van der Waals surface area contributed by atoms with Crippen molar-refractivity contribution < 1.29 is 37.3 Å². The first-order valence-corrected chi connectivity index (χ1v) is 9.00. The molecule has 1 aliphatic rings. The highest BCUT2D eigenvalue weighted by Gasteiger charge is 2.38. The van der Waals surface area contributed by atoms with Gasteiger partial charge in [-0.25, -0.2) is 9.78 Å². The Kier molecular flexibility index (Phi) is 8.23. The molecule has 0 atom stereocenters. The van der Waals surface area contributed by atoms with Crippen molar-refractivity contribution in [3.8, 4) is 0 Å². The maximum Gasteiger partial charge on any atom is 0.490 e. The van der Waals surface area contributed by atoms with E-state index in [1.54, 1.807) is 0 Å². The van der Waals surface area contributed by atoms with E-state index in [0.717, 1.165) is 49.8 Å². The van der Waals surface area contributed by atoms with Crippen LogP contribution >= 0.6 is 0 Å². The number of aliphatic hydroxyl groups excluding tert-OH is 1. The molecule has 0 fully saturated rings. The number of fused-ring (bicyclic) bond motifs is 1. The number of aliphatic hydroxyl groups is 1. The highest BCUT2D eigenvalue weighted by Crippen LogP contribution is 2.19. The average Bonchev–Trinajstić information content (AvgIpc) is 3.15. The van der Waals surface area contributed by atoms with Gasteiger partial charge in [0, 0.05) is 19.6 Å². The van der Waals surface area contributed by atoms with Crippen molar-refractivity contribution >= 4 is 5.97 Å². The minimum atomic E-state index is -5.08. The number of rotatable bonds is 6. The minimum absolute atomic E-state index is 0.0417. The summed E-state index contributed by atoms with van der Waals surface area (Å²) in [6, 6.07) is 4.05. The molecule has 8 nitrogen and oxygen atoms in total. The third kappa shape index (κ3) is 7.18. The molecular weight excluding hydrogens is 395 g/mol. The van der Waals surface area contributed by atoms with Gasteiger partial charge in [-0.2, -0.15) is 13.2 Å². The molecule has 3 heterocycles. The summed E-state index contributed by atoms with van der Waals surface area (Å²) < 4.78 is 45.1. The number of furan rings is 1. The number of hydrogen-bond donors (Lipinski definition) is 2. The van der Waals surface area contributed by atoms with Crippen molar-refractivity contribution in [2.75, 3.05) is 19.8 Å². The van der Waals surface area contributed by atoms with Gasteiger partial charge in [0.05, 0.1) is 44.1 Å². The third-order valence-electron chi connectivity index (χ3n) is 4.17. The standard InChI is InChI=1S/C16H23N3O3.C2HF3O2/c1-13-3-4-14(22-13)9-18-5-2-6-19-12-17-15(16(19)10-18)11-21-8-7-20;3-2(4,5)1(6)7/h3-4,12,20H,2,5-11H2,1H3;(H,6,7). The van der Waals surface area contributed by atoms with Crippen molar-refractivity contribution in [3.63, 3.8) is 0 Å². The van der Waals surface area contributed by atoms with Gasteiger partial charge in [0.25, 0.3) is 0 Å². The summed E-state index contributed by atoms with van der Waals surface area (Å²) in [6.07, 6.45) is -2.09. The Morgan fingerprint density at radius 3 is 2.66 bits per heavy atom. The molecule has 0 bridgehead atoms. The van der Waals surface area contributed by atoms with Gasteiger partial charge in [-0.1, -0.05) is 0 Å². The van der Waals surface area contributed by atoms with Crippen LogP contribution in [0, 0.1) is 6.92 Å². The van der Waals surface area contributed by atoms with E-state index >= 15 is 0 Å². The van der Waals surface area contributed by atoms with Gasteiger partial charge in [0.2, 0.25) is 0 Å². The SMILES string of the molecule is Cc1ccc(CN2CCCn3cnc(COCCO)c3C2)o1.O=C(O)C(F)(F)F. The van der Waals surface area contributed by atoms with Crippen molar-refractivity contribution in [3.05, 3.63) is 41.4 Å². The largest absolute Gasteiger partial charge is 0.490 e. The fourth-order valence-corrected chi connectivity index (χ4v) is 2.86. The highest BCUT2D eigenvalue weighted by atomic mass is 19.4. The predicted molar refractivity (Wildman–Crippen MR) is 94.8 cm³/mol. The normalized spacial score (nSPS) is 14.7. The monoisotopic (exact) mass is 419 g/mol. The smallest absolute Gasteiger partial charge is 0.475 e. The van der Waals surface area contributed by atoms with Gasteiger partial charge in [-0.3, -0.25) is 4.90 Å². The highest BCUT2D eigenvalue weighted by molar-refractivity contribution is 5.73. The summed E-state index contributed by atoms with van der Waals surface area (Å²) in [7, 11) is 0. The molecule has 3 rings (SSSR count). The number of hydrogen-bond acceptors (Lipinski definition) is 6. The van der Waals surface area contributed by atoms with Crippen LogP contribution in [0.2, 0.25) is 0 Å². The Bertz CT molecular complexity index is 788. The van der Waals surface area contributed by atoms with Gasteiger partial charge in [0.1, 0.15) is 11.5 Å². The Balaban J connectivity index is 0.000000370. The van der Waals surface area contributed by atoms with Crippen LogP contribution in [0.5, 0.6) is 0 Å². The number of carbonyl (C=O) groups is 1. The first kappa shape index (κ1) is 22.9. The van der Waals surface area contributed by atoms with E-state index in [-0.39, 0.29) is 6.61 Å². The molecule has 0 radical (unpaired) electrons. The molecule has 2 N–H and O–H groups in total. The van der Waals surface area contributed by atoms with Crippen LogP contribution < -0.4 is 0 Å². The maximum absolute atomic E-state index is 10.6. The zero-order valence-electron chi connectivity index (χ0n) is 16.0. The molecule has 162 valence electrons. The Morgan fingerprint density at radius 2 is 2.07 bits per heavy atom. The van der Waals surface area contributed by atoms with E-state index in [9.17, 15) is 13.2 Å². The second-order valence-corrected chi connectivity index (χ2v) is 6.49. The van der Waals surface area contributed by atoms with Gasteiger partial charge in [0.15, 0.2) is 0 Å². The molecule has 2 aromatic rings. The van der Waals surface area contributed by atoms with E-state index in [0.29, 0.717) is 13.2 Å². The number of imidazole rings is 1. The van der Waals surface area contributed by atoms with E-state index in [4.69, 9.17) is 24.2 Å². The van der Waals surface area contributed by atoms with Gasteiger partial charge >= 0.3 is 12.1 Å². The molecule has 1 aliphatic heterocycles. The second-order valence-electron chi connectivity index (χ2n) is 6.49. The van der Waals surface area contributed by atoms with Crippen LogP contribution in [0.3, 0.4) is 0 Å². The van der Waals surface area contributed by atoms with Crippen molar-refractivity contribution in [2.24, 2.45) is 0 Å². The molecule has 0 spiro atoms.